The van der Waals surface area contributed by atoms with Gasteiger partial charge in [0.2, 0.25) is 0 Å². The van der Waals surface area contributed by atoms with Gasteiger partial charge < -0.3 is 5.11 Å². The predicted molar refractivity (Wildman–Crippen MR) is 75.0 cm³/mol. The Morgan fingerprint density at radius 3 is 2.48 bits per heavy atom. The molecule has 2 rings (SSSR count). The number of hydrogen-bond acceptors (Lipinski definition) is 4. The van der Waals surface area contributed by atoms with E-state index in [1.807, 2.05) is 0 Å². The van der Waals surface area contributed by atoms with E-state index in [2.05, 4.69) is 0 Å². The Morgan fingerprint density at radius 2 is 1.90 bits per heavy atom. The molecular formula is C14H10FNO4S. The fraction of sp³-hybridized carbons (Fsp3) is 0.0714. The first-order chi connectivity index (χ1) is 9.95. The molecule has 0 aliphatic heterocycles. The number of aliphatic carboxylic acids is 1. The van der Waals surface area contributed by atoms with Gasteiger partial charge in [-0.25, -0.2) is 4.39 Å². The van der Waals surface area contributed by atoms with Crippen molar-refractivity contribution in [3.05, 3.63) is 64.0 Å². The molecule has 108 valence electrons. The first-order valence-electron chi connectivity index (χ1n) is 5.88. The summed E-state index contributed by atoms with van der Waals surface area (Å²) in [6, 6.07) is 9.66. The molecule has 0 heterocycles. The van der Waals surface area contributed by atoms with Crippen LogP contribution in [0.1, 0.15) is 5.56 Å². The highest BCUT2D eigenvalue weighted by atomic mass is 32.2. The van der Waals surface area contributed by atoms with Gasteiger partial charge in [-0.15, -0.1) is 0 Å². The molecule has 0 atom stereocenters. The van der Waals surface area contributed by atoms with Crippen LogP contribution < -0.4 is 0 Å². The number of carboxylic acids is 1. The van der Waals surface area contributed by atoms with Crippen LogP contribution in [0.4, 0.5) is 10.1 Å². The van der Waals surface area contributed by atoms with Crippen molar-refractivity contribution in [1.82, 2.24) is 0 Å². The van der Waals surface area contributed by atoms with Gasteiger partial charge in [0.15, 0.2) is 0 Å². The smallest absolute Gasteiger partial charge is 0.307 e. The lowest BCUT2D eigenvalue weighted by Crippen LogP contribution is -2.01. The number of rotatable bonds is 5. The van der Waals surface area contributed by atoms with Crippen LogP contribution in [0.3, 0.4) is 0 Å². The number of benzene rings is 2. The minimum atomic E-state index is -1.01. The fourth-order valence-corrected chi connectivity index (χ4v) is 2.66. The van der Waals surface area contributed by atoms with E-state index in [1.54, 1.807) is 0 Å². The summed E-state index contributed by atoms with van der Waals surface area (Å²) in [4.78, 5) is 22.0. The standard InChI is InChI=1S/C14H10FNO4S/c15-10-2-1-9(7-14(17)18)13(8-10)21-12-5-3-11(4-6-12)16(19)20/h1-6,8H,7H2,(H,17,18). The van der Waals surface area contributed by atoms with Gasteiger partial charge in [-0.3, -0.25) is 14.9 Å². The van der Waals surface area contributed by atoms with Crippen molar-refractivity contribution in [1.29, 1.82) is 0 Å². The average molecular weight is 307 g/mol. The molecule has 0 spiro atoms. The quantitative estimate of drug-likeness (QED) is 0.675. The number of nitro benzene ring substituents is 1. The number of halogens is 1. The molecule has 1 N–H and O–H groups in total. The van der Waals surface area contributed by atoms with E-state index < -0.39 is 16.7 Å². The van der Waals surface area contributed by atoms with Gasteiger partial charge in [0.05, 0.1) is 11.3 Å². The Kier molecular flexibility index (Phi) is 4.54. The van der Waals surface area contributed by atoms with Crippen molar-refractivity contribution in [2.24, 2.45) is 0 Å². The van der Waals surface area contributed by atoms with E-state index in [-0.39, 0.29) is 12.1 Å². The van der Waals surface area contributed by atoms with Crippen LogP contribution >= 0.6 is 11.8 Å². The van der Waals surface area contributed by atoms with E-state index in [0.717, 1.165) is 11.8 Å². The lowest BCUT2D eigenvalue weighted by molar-refractivity contribution is -0.384. The summed E-state index contributed by atoms with van der Waals surface area (Å²) in [6.45, 7) is 0. The molecule has 2 aromatic carbocycles. The van der Waals surface area contributed by atoms with Crippen LogP contribution in [0.5, 0.6) is 0 Å². The number of carboxylic acid groups (broad SMARTS) is 1. The Morgan fingerprint density at radius 1 is 1.24 bits per heavy atom. The number of carbonyl (C=O) groups is 1. The summed E-state index contributed by atoms with van der Waals surface area (Å²) in [5, 5.41) is 19.4. The molecule has 5 nitrogen and oxygen atoms in total. The summed E-state index contributed by atoms with van der Waals surface area (Å²) in [5.41, 5.74) is 0.455. The van der Waals surface area contributed by atoms with Gasteiger partial charge >= 0.3 is 5.97 Å². The Hall–Kier alpha value is -2.41. The molecule has 0 amide bonds. The minimum Gasteiger partial charge on any atom is -0.481 e. The van der Waals surface area contributed by atoms with Gasteiger partial charge in [0, 0.05) is 21.9 Å². The third-order valence-electron chi connectivity index (χ3n) is 2.65. The Labute approximate surface area is 123 Å². The summed E-state index contributed by atoms with van der Waals surface area (Å²) in [7, 11) is 0. The number of nitro groups is 1. The molecule has 0 aliphatic carbocycles. The van der Waals surface area contributed by atoms with Crippen molar-refractivity contribution >= 4 is 23.4 Å². The molecular weight excluding hydrogens is 297 g/mol. The summed E-state index contributed by atoms with van der Waals surface area (Å²) < 4.78 is 13.3. The first kappa shape index (κ1) is 15.0. The average Bonchev–Trinajstić information content (AvgIpc) is 2.42. The monoisotopic (exact) mass is 307 g/mol. The molecule has 0 saturated carbocycles. The topological polar surface area (TPSA) is 80.4 Å². The van der Waals surface area contributed by atoms with Crippen LogP contribution in [0, 0.1) is 15.9 Å². The first-order valence-corrected chi connectivity index (χ1v) is 6.70. The molecule has 0 radical (unpaired) electrons. The fourth-order valence-electron chi connectivity index (χ4n) is 1.70. The zero-order chi connectivity index (χ0) is 15.4. The third-order valence-corrected chi connectivity index (χ3v) is 3.75. The van der Waals surface area contributed by atoms with Crippen LogP contribution in [-0.2, 0) is 11.2 Å². The lowest BCUT2D eigenvalue weighted by Gasteiger charge is -2.07. The van der Waals surface area contributed by atoms with E-state index in [1.165, 1.54) is 42.5 Å². The number of non-ortho nitro benzene ring substituents is 1. The maximum absolute atomic E-state index is 13.3. The predicted octanol–water partition coefficient (Wildman–Crippen LogP) is 3.51. The van der Waals surface area contributed by atoms with E-state index in [4.69, 9.17) is 5.11 Å². The molecule has 2 aromatic rings. The minimum absolute atomic E-state index is 0.0376. The van der Waals surface area contributed by atoms with Crippen molar-refractivity contribution in [2.45, 2.75) is 16.2 Å². The molecule has 21 heavy (non-hydrogen) atoms. The van der Waals surface area contributed by atoms with Crippen LogP contribution in [0.25, 0.3) is 0 Å². The molecule has 0 saturated heterocycles. The van der Waals surface area contributed by atoms with Crippen molar-refractivity contribution in [3.8, 4) is 0 Å². The Balaban J connectivity index is 2.27. The highest BCUT2D eigenvalue weighted by Crippen LogP contribution is 2.32. The number of hydrogen-bond donors (Lipinski definition) is 1. The zero-order valence-electron chi connectivity index (χ0n) is 10.7. The van der Waals surface area contributed by atoms with Crippen LogP contribution in [0.2, 0.25) is 0 Å². The summed E-state index contributed by atoms with van der Waals surface area (Å²) in [5.74, 6) is -1.47. The third kappa shape index (κ3) is 4.03. The van der Waals surface area contributed by atoms with Gasteiger partial charge in [-0.1, -0.05) is 17.8 Å². The second kappa shape index (κ2) is 6.36. The maximum Gasteiger partial charge on any atom is 0.307 e. The maximum atomic E-state index is 13.3. The van der Waals surface area contributed by atoms with E-state index in [0.29, 0.717) is 15.4 Å². The second-order valence-electron chi connectivity index (χ2n) is 4.18. The van der Waals surface area contributed by atoms with E-state index >= 15 is 0 Å². The van der Waals surface area contributed by atoms with Gasteiger partial charge in [0.1, 0.15) is 5.82 Å². The highest BCUT2D eigenvalue weighted by molar-refractivity contribution is 7.99. The SMILES string of the molecule is O=C(O)Cc1ccc(F)cc1Sc1ccc([N+](=O)[O-])cc1. The van der Waals surface area contributed by atoms with Crippen LogP contribution in [0.15, 0.2) is 52.3 Å². The van der Waals surface area contributed by atoms with Gasteiger partial charge in [-0.2, -0.15) is 0 Å². The normalized spacial score (nSPS) is 10.3. The highest BCUT2D eigenvalue weighted by Gasteiger charge is 2.11. The largest absolute Gasteiger partial charge is 0.481 e. The van der Waals surface area contributed by atoms with E-state index in [9.17, 15) is 19.3 Å². The second-order valence-corrected chi connectivity index (χ2v) is 5.29. The molecule has 0 aliphatic rings. The molecule has 0 fully saturated rings. The van der Waals surface area contributed by atoms with Crippen molar-refractivity contribution < 1.29 is 19.2 Å². The van der Waals surface area contributed by atoms with Crippen molar-refractivity contribution in [2.75, 3.05) is 0 Å². The summed E-state index contributed by atoms with van der Waals surface area (Å²) in [6.07, 6.45) is -0.213. The number of nitrogens with zero attached hydrogens (tertiary/aromatic N) is 1. The van der Waals surface area contributed by atoms with Gasteiger partial charge in [0.25, 0.3) is 5.69 Å². The van der Waals surface area contributed by atoms with Crippen LogP contribution in [-0.4, -0.2) is 16.0 Å². The van der Waals surface area contributed by atoms with Crippen molar-refractivity contribution in [3.63, 3.8) is 0 Å². The molecule has 7 heteroatoms. The molecule has 0 unspecified atom stereocenters. The molecule has 0 bridgehead atoms. The summed E-state index contributed by atoms with van der Waals surface area (Å²) >= 11 is 1.16. The van der Waals surface area contributed by atoms with Gasteiger partial charge in [-0.05, 0) is 29.8 Å². The lowest BCUT2D eigenvalue weighted by atomic mass is 10.1. The molecule has 0 aromatic heterocycles. The Bertz CT molecular complexity index is 688. The zero-order valence-corrected chi connectivity index (χ0v) is 11.5.